The number of nitrogens with zero attached hydrogens (tertiary/aromatic N) is 3. The molecule has 1 N–H and O–H groups in total. The lowest BCUT2D eigenvalue weighted by Crippen LogP contribution is -2.25. The number of methoxy groups -OCH3 is 1. The molecule has 0 aliphatic heterocycles. The van der Waals surface area contributed by atoms with Crippen LogP contribution in [0.3, 0.4) is 0 Å². The van der Waals surface area contributed by atoms with Crippen molar-refractivity contribution in [3.05, 3.63) is 34.4 Å². The monoisotopic (exact) mass is 360 g/mol. The van der Waals surface area contributed by atoms with E-state index in [1.54, 1.807) is 31.4 Å². The third-order valence-corrected chi connectivity index (χ3v) is 4.90. The summed E-state index contributed by atoms with van der Waals surface area (Å²) < 4.78 is 33.2. The Kier molecular flexibility index (Phi) is 4.41. The molecule has 0 amide bonds. The second kappa shape index (κ2) is 5.90. The molecule has 0 aliphatic rings. The lowest BCUT2D eigenvalue weighted by atomic mass is 10.2. The fourth-order valence-electron chi connectivity index (χ4n) is 1.60. The van der Waals surface area contributed by atoms with Gasteiger partial charge in [0.25, 0.3) is 10.0 Å². The summed E-state index contributed by atoms with van der Waals surface area (Å²) in [5.74, 6) is 0.718. The van der Waals surface area contributed by atoms with E-state index in [0.717, 1.165) is 11.3 Å². The highest BCUT2D eigenvalue weighted by molar-refractivity contribution is 9.10. The van der Waals surface area contributed by atoms with Gasteiger partial charge in [-0.05, 0) is 33.6 Å². The van der Waals surface area contributed by atoms with E-state index in [1.807, 2.05) is 0 Å². The smallest absolute Gasteiger partial charge is 0.260 e. The van der Waals surface area contributed by atoms with Crippen molar-refractivity contribution in [2.24, 2.45) is 7.05 Å². The third kappa shape index (κ3) is 3.17. The first-order chi connectivity index (χ1) is 9.44. The highest BCUT2D eigenvalue weighted by Gasteiger charge is 2.23. The minimum atomic E-state index is -3.68. The highest BCUT2D eigenvalue weighted by atomic mass is 79.9. The molecule has 108 valence electrons. The fraction of sp³-hybridized carbons (Fsp3) is 0.273. The average molecular weight is 361 g/mol. The SMILES string of the molecule is COc1ccc(CNS(=O)(=O)c2c(Br)nnn2C)cc1. The maximum Gasteiger partial charge on any atom is 0.260 e. The van der Waals surface area contributed by atoms with Crippen LogP contribution >= 0.6 is 15.9 Å². The summed E-state index contributed by atoms with van der Waals surface area (Å²) in [6, 6.07) is 7.12. The Hall–Kier alpha value is -1.45. The van der Waals surface area contributed by atoms with Gasteiger partial charge in [0, 0.05) is 13.6 Å². The molecule has 9 heteroatoms. The Morgan fingerprint density at radius 1 is 1.35 bits per heavy atom. The summed E-state index contributed by atoms with van der Waals surface area (Å²) in [5, 5.41) is 7.29. The standard InChI is InChI=1S/C11H13BrN4O3S/c1-16-11(10(12)14-15-16)20(17,18)13-7-8-3-5-9(19-2)6-4-8/h3-6,13H,7H2,1-2H3. The number of aryl methyl sites for hydroxylation is 1. The number of hydrogen-bond donors (Lipinski definition) is 1. The minimum Gasteiger partial charge on any atom is -0.497 e. The van der Waals surface area contributed by atoms with Crippen LogP contribution in [0, 0.1) is 0 Å². The van der Waals surface area contributed by atoms with Gasteiger partial charge >= 0.3 is 0 Å². The number of benzene rings is 1. The van der Waals surface area contributed by atoms with E-state index in [1.165, 1.54) is 11.7 Å². The number of rotatable bonds is 5. The molecule has 0 saturated heterocycles. The second-order valence-electron chi connectivity index (χ2n) is 3.98. The molecule has 7 nitrogen and oxygen atoms in total. The van der Waals surface area contributed by atoms with Crippen LogP contribution in [0.5, 0.6) is 5.75 Å². The van der Waals surface area contributed by atoms with Gasteiger partial charge < -0.3 is 4.74 Å². The van der Waals surface area contributed by atoms with Crippen molar-refractivity contribution in [2.75, 3.05) is 7.11 Å². The quantitative estimate of drug-likeness (QED) is 0.861. The van der Waals surface area contributed by atoms with Crippen molar-refractivity contribution in [1.82, 2.24) is 19.7 Å². The molecule has 2 aromatic rings. The lowest BCUT2D eigenvalue weighted by Gasteiger charge is -2.07. The van der Waals surface area contributed by atoms with E-state index in [0.29, 0.717) is 0 Å². The average Bonchev–Trinajstić information content (AvgIpc) is 2.77. The topological polar surface area (TPSA) is 86.1 Å². The van der Waals surface area contributed by atoms with Gasteiger partial charge in [-0.2, -0.15) is 0 Å². The van der Waals surface area contributed by atoms with Crippen molar-refractivity contribution >= 4 is 26.0 Å². The van der Waals surface area contributed by atoms with Crippen LogP contribution in [0.2, 0.25) is 0 Å². The molecular formula is C11H13BrN4O3S. The zero-order valence-corrected chi connectivity index (χ0v) is 13.3. The molecule has 0 bridgehead atoms. The number of halogens is 1. The van der Waals surface area contributed by atoms with Crippen molar-refractivity contribution < 1.29 is 13.2 Å². The summed E-state index contributed by atoms with van der Waals surface area (Å²) in [5.41, 5.74) is 0.820. The first kappa shape index (κ1) is 14.9. The van der Waals surface area contributed by atoms with E-state index in [2.05, 4.69) is 31.0 Å². The van der Waals surface area contributed by atoms with Crippen molar-refractivity contribution in [1.29, 1.82) is 0 Å². The maximum atomic E-state index is 12.2. The zero-order valence-electron chi connectivity index (χ0n) is 10.9. The van der Waals surface area contributed by atoms with E-state index >= 15 is 0 Å². The molecule has 1 aromatic heterocycles. The summed E-state index contributed by atoms with van der Waals surface area (Å²) >= 11 is 3.07. The van der Waals surface area contributed by atoms with Gasteiger partial charge in [0.2, 0.25) is 5.03 Å². The third-order valence-electron chi connectivity index (χ3n) is 2.62. The van der Waals surface area contributed by atoms with Crippen LogP contribution in [0.4, 0.5) is 0 Å². The number of hydrogen-bond acceptors (Lipinski definition) is 5. The van der Waals surface area contributed by atoms with Crippen molar-refractivity contribution in [3.8, 4) is 5.75 Å². The van der Waals surface area contributed by atoms with Crippen LogP contribution in [0.1, 0.15) is 5.56 Å². The molecule has 0 unspecified atom stereocenters. The van der Waals surface area contributed by atoms with Crippen LogP contribution in [-0.2, 0) is 23.6 Å². The first-order valence-corrected chi connectivity index (χ1v) is 7.89. The molecule has 0 radical (unpaired) electrons. The number of sulfonamides is 1. The number of aromatic nitrogens is 3. The first-order valence-electron chi connectivity index (χ1n) is 5.62. The molecule has 1 aromatic carbocycles. The van der Waals surface area contributed by atoms with Crippen molar-refractivity contribution in [3.63, 3.8) is 0 Å². The van der Waals surface area contributed by atoms with Crippen molar-refractivity contribution in [2.45, 2.75) is 11.6 Å². The Bertz CT molecular complexity index is 677. The van der Waals surface area contributed by atoms with Crippen LogP contribution in [0.15, 0.2) is 33.9 Å². The molecule has 0 saturated carbocycles. The van der Waals surface area contributed by atoms with Crippen LogP contribution in [0.25, 0.3) is 0 Å². The van der Waals surface area contributed by atoms with Gasteiger partial charge in [-0.25, -0.2) is 17.8 Å². The predicted molar refractivity (Wildman–Crippen MR) is 75.7 cm³/mol. The largest absolute Gasteiger partial charge is 0.497 e. The predicted octanol–water partition coefficient (Wildman–Crippen LogP) is 1.06. The maximum absolute atomic E-state index is 12.2. The van der Waals surface area contributed by atoms with Crippen LogP contribution in [-0.4, -0.2) is 30.5 Å². The molecule has 2 rings (SSSR count). The van der Waals surface area contributed by atoms with E-state index < -0.39 is 10.0 Å². The summed E-state index contributed by atoms with van der Waals surface area (Å²) in [6.45, 7) is 0.171. The van der Waals surface area contributed by atoms with Gasteiger partial charge in [-0.15, -0.1) is 5.10 Å². The number of ether oxygens (including phenoxy) is 1. The van der Waals surface area contributed by atoms with Gasteiger partial charge in [-0.3, -0.25) is 0 Å². The summed E-state index contributed by atoms with van der Waals surface area (Å²) in [7, 11) is -0.595. The normalized spacial score (nSPS) is 11.6. The second-order valence-corrected chi connectivity index (χ2v) is 6.42. The fourth-order valence-corrected chi connectivity index (χ4v) is 3.71. The summed E-state index contributed by atoms with van der Waals surface area (Å²) in [6.07, 6.45) is 0. The van der Waals surface area contributed by atoms with Gasteiger partial charge in [0.15, 0.2) is 4.60 Å². The Morgan fingerprint density at radius 3 is 2.50 bits per heavy atom. The van der Waals surface area contributed by atoms with E-state index in [-0.39, 0.29) is 16.2 Å². The molecule has 0 fully saturated rings. The zero-order chi connectivity index (χ0) is 14.8. The molecule has 0 spiro atoms. The molecule has 20 heavy (non-hydrogen) atoms. The Labute approximate surface area is 125 Å². The highest BCUT2D eigenvalue weighted by Crippen LogP contribution is 2.18. The molecular weight excluding hydrogens is 348 g/mol. The van der Waals surface area contributed by atoms with Crippen LogP contribution < -0.4 is 9.46 Å². The van der Waals surface area contributed by atoms with Gasteiger partial charge in [0.05, 0.1) is 7.11 Å². The minimum absolute atomic E-state index is 0.00832. The molecule has 1 heterocycles. The number of nitrogens with one attached hydrogen (secondary N) is 1. The molecule has 0 atom stereocenters. The Morgan fingerprint density at radius 2 is 2.00 bits per heavy atom. The Balaban J connectivity index is 2.13. The van der Waals surface area contributed by atoms with E-state index in [4.69, 9.17) is 4.74 Å². The van der Waals surface area contributed by atoms with Gasteiger partial charge in [-0.1, -0.05) is 17.3 Å². The van der Waals surface area contributed by atoms with Gasteiger partial charge in [0.1, 0.15) is 5.75 Å². The summed E-state index contributed by atoms with van der Waals surface area (Å²) in [4.78, 5) is 0. The van der Waals surface area contributed by atoms with E-state index in [9.17, 15) is 8.42 Å². The lowest BCUT2D eigenvalue weighted by molar-refractivity contribution is 0.414. The molecule has 0 aliphatic carbocycles.